The monoisotopic (exact) mass is 342 g/mol. The lowest BCUT2D eigenvalue weighted by Gasteiger charge is -2.12. The fourth-order valence-electron chi connectivity index (χ4n) is 2.27. The van der Waals surface area contributed by atoms with Crippen LogP contribution in [0.3, 0.4) is 0 Å². The molecule has 0 saturated heterocycles. The minimum Gasteiger partial charge on any atom is -0.357 e. The van der Waals surface area contributed by atoms with E-state index in [2.05, 4.69) is 20.7 Å². The summed E-state index contributed by atoms with van der Waals surface area (Å²) < 4.78 is 1.83. The van der Waals surface area contributed by atoms with Crippen LogP contribution >= 0.6 is 0 Å². The maximum Gasteiger partial charge on any atom is 0.253 e. The van der Waals surface area contributed by atoms with Gasteiger partial charge in [0.1, 0.15) is 0 Å². The number of rotatable bonds is 6. The van der Waals surface area contributed by atoms with E-state index in [0.29, 0.717) is 18.7 Å². The molecule has 1 amide bonds. The van der Waals surface area contributed by atoms with Crippen LogP contribution in [0.5, 0.6) is 0 Å². The second-order valence-electron chi connectivity index (χ2n) is 5.89. The van der Waals surface area contributed by atoms with Crippen molar-refractivity contribution in [1.82, 2.24) is 25.3 Å². The standard InChI is InChI=1S/C18H26N6O/c1-5-19-18(21-13-16-10-11-22-24(16)4)20-12-14-6-8-15(9-7-14)17(25)23(2)3/h6-11H,5,12-13H2,1-4H3,(H2,19,20,21). The number of aryl methyl sites for hydroxylation is 1. The van der Waals surface area contributed by atoms with E-state index in [9.17, 15) is 4.79 Å². The fourth-order valence-corrected chi connectivity index (χ4v) is 2.27. The van der Waals surface area contributed by atoms with Gasteiger partial charge in [0, 0.05) is 39.4 Å². The molecule has 2 N–H and O–H groups in total. The quantitative estimate of drug-likeness (QED) is 0.614. The van der Waals surface area contributed by atoms with E-state index >= 15 is 0 Å². The van der Waals surface area contributed by atoms with Crippen LogP contribution in [0.25, 0.3) is 0 Å². The number of nitrogens with one attached hydrogen (secondary N) is 2. The van der Waals surface area contributed by atoms with Gasteiger partial charge in [0.05, 0.1) is 18.8 Å². The molecule has 0 aliphatic heterocycles. The molecule has 25 heavy (non-hydrogen) atoms. The van der Waals surface area contributed by atoms with E-state index in [-0.39, 0.29) is 5.91 Å². The molecule has 134 valence electrons. The van der Waals surface area contributed by atoms with Crippen LogP contribution in [0.15, 0.2) is 41.5 Å². The van der Waals surface area contributed by atoms with Gasteiger partial charge in [0.25, 0.3) is 5.91 Å². The topological polar surface area (TPSA) is 74.6 Å². The van der Waals surface area contributed by atoms with E-state index in [1.807, 2.05) is 49.0 Å². The number of carbonyl (C=O) groups excluding carboxylic acids is 1. The summed E-state index contributed by atoms with van der Waals surface area (Å²) in [7, 11) is 5.41. The highest BCUT2D eigenvalue weighted by molar-refractivity contribution is 5.93. The molecule has 0 atom stereocenters. The van der Waals surface area contributed by atoms with Crippen LogP contribution in [0, 0.1) is 0 Å². The van der Waals surface area contributed by atoms with Crippen molar-refractivity contribution in [1.29, 1.82) is 0 Å². The summed E-state index contributed by atoms with van der Waals surface area (Å²) in [5, 5.41) is 10.7. The highest BCUT2D eigenvalue weighted by Gasteiger charge is 2.07. The number of nitrogens with zero attached hydrogens (tertiary/aromatic N) is 4. The Hall–Kier alpha value is -2.83. The first-order valence-corrected chi connectivity index (χ1v) is 8.31. The second-order valence-corrected chi connectivity index (χ2v) is 5.89. The van der Waals surface area contributed by atoms with Crippen LogP contribution in [-0.2, 0) is 20.1 Å². The van der Waals surface area contributed by atoms with Crippen LogP contribution in [-0.4, -0.2) is 47.2 Å². The van der Waals surface area contributed by atoms with Crippen molar-refractivity contribution in [3.63, 3.8) is 0 Å². The SMILES string of the molecule is CCNC(=NCc1ccc(C(=O)N(C)C)cc1)NCc1ccnn1C. The maximum absolute atomic E-state index is 11.9. The Labute approximate surface area is 148 Å². The first kappa shape index (κ1) is 18.5. The van der Waals surface area contributed by atoms with Crippen LogP contribution < -0.4 is 10.6 Å². The summed E-state index contributed by atoms with van der Waals surface area (Å²) in [6, 6.07) is 9.51. The van der Waals surface area contributed by atoms with Gasteiger partial charge in [-0.2, -0.15) is 5.10 Å². The van der Waals surface area contributed by atoms with E-state index in [1.165, 1.54) is 0 Å². The Kier molecular flexibility index (Phi) is 6.56. The number of amides is 1. The molecule has 0 unspecified atom stereocenters. The molecule has 7 heteroatoms. The molecule has 0 fully saturated rings. The van der Waals surface area contributed by atoms with Gasteiger partial charge in [0.15, 0.2) is 5.96 Å². The summed E-state index contributed by atoms with van der Waals surface area (Å²) in [5.41, 5.74) is 2.81. The average Bonchev–Trinajstić information content (AvgIpc) is 3.02. The third-order valence-corrected chi connectivity index (χ3v) is 3.73. The summed E-state index contributed by atoms with van der Waals surface area (Å²) in [5.74, 6) is 0.748. The molecule has 0 radical (unpaired) electrons. The molecule has 1 aromatic heterocycles. The molecule has 7 nitrogen and oxygen atoms in total. The predicted molar refractivity (Wildman–Crippen MR) is 99.3 cm³/mol. The molecule has 2 rings (SSSR count). The Morgan fingerprint density at radius 1 is 1.20 bits per heavy atom. The third-order valence-electron chi connectivity index (χ3n) is 3.73. The third kappa shape index (κ3) is 5.34. The molecule has 1 heterocycles. The minimum absolute atomic E-state index is 0.00114. The lowest BCUT2D eigenvalue weighted by atomic mass is 10.1. The van der Waals surface area contributed by atoms with Crippen LogP contribution in [0.4, 0.5) is 0 Å². The number of hydrogen-bond donors (Lipinski definition) is 2. The maximum atomic E-state index is 11.9. The van der Waals surface area contributed by atoms with Crippen molar-refractivity contribution >= 4 is 11.9 Å². The first-order chi connectivity index (χ1) is 12.0. The lowest BCUT2D eigenvalue weighted by molar-refractivity contribution is 0.0827. The van der Waals surface area contributed by atoms with Crippen molar-refractivity contribution < 1.29 is 4.79 Å². The Balaban J connectivity index is 1.98. The van der Waals surface area contributed by atoms with Gasteiger partial charge in [-0.1, -0.05) is 12.1 Å². The van der Waals surface area contributed by atoms with E-state index in [1.54, 1.807) is 25.2 Å². The number of guanidine groups is 1. The molecular formula is C18H26N6O. The van der Waals surface area contributed by atoms with Gasteiger partial charge >= 0.3 is 0 Å². The van der Waals surface area contributed by atoms with E-state index in [4.69, 9.17) is 0 Å². The van der Waals surface area contributed by atoms with Crippen LogP contribution in [0.1, 0.15) is 28.5 Å². The Morgan fingerprint density at radius 3 is 2.48 bits per heavy atom. The number of aliphatic imine (C=N–C) groups is 1. The molecule has 0 bridgehead atoms. The summed E-state index contributed by atoms with van der Waals surface area (Å²) >= 11 is 0. The summed E-state index contributed by atoms with van der Waals surface area (Å²) in [4.78, 5) is 18.1. The minimum atomic E-state index is 0.00114. The van der Waals surface area contributed by atoms with Crippen LogP contribution in [0.2, 0.25) is 0 Å². The number of aromatic nitrogens is 2. The fraction of sp³-hybridized carbons (Fsp3) is 0.389. The van der Waals surface area contributed by atoms with Crippen molar-refractivity contribution in [3.8, 4) is 0 Å². The van der Waals surface area contributed by atoms with Crippen molar-refractivity contribution in [2.75, 3.05) is 20.6 Å². The number of hydrogen-bond acceptors (Lipinski definition) is 3. The largest absolute Gasteiger partial charge is 0.357 e. The molecule has 2 aromatic rings. The number of benzene rings is 1. The van der Waals surface area contributed by atoms with Gasteiger partial charge in [-0.15, -0.1) is 0 Å². The summed E-state index contributed by atoms with van der Waals surface area (Å²) in [6.45, 7) is 4.01. The first-order valence-electron chi connectivity index (χ1n) is 8.31. The molecule has 1 aromatic carbocycles. The Morgan fingerprint density at radius 2 is 1.92 bits per heavy atom. The Bertz CT molecular complexity index is 717. The smallest absolute Gasteiger partial charge is 0.253 e. The number of carbonyl (C=O) groups is 1. The van der Waals surface area contributed by atoms with Gasteiger partial charge in [0.2, 0.25) is 0 Å². The van der Waals surface area contributed by atoms with Gasteiger partial charge < -0.3 is 15.5 Å². The van der Waals surface area contributed by atoms with Crippen molar-refractivity contribution in [2.45, 2.75) is 20.0 Å². The molecule has 0 aliphatic carbocycles. The zero-order chi connectivity index (χ0) is 18.2. The van der Waals surface area contributed by atoms with E-state index in [0.717, 1.165) is 23.8 Å². The zero-order valence-electron chi connectivity index (χ0n) is 15.3. The zero-order valence-corrected chi connectivity index (χ0v) is 15.3. The molecule has 0 saturated carbocycles. The van der Waals surface area contributed by atoms with Gasteiger partial charge in [-0.25, -0.2) is 4.99 Å². The van der Waals surface area contributed by atoms with Crippen molar-refractivity contribution in [2.24, 2.45) is 12.0 Å². The highest BCUT2D eigenvalue weighted by Crippen LogP contribution is 2.07. The normalized spacial score (nSPS) is 11.3. The average molecular weight is 342 g/mol. The second kappa shape index (κ2) is 8.86. The molecule has 0 spiro atoms. The van der Waals surface area contributed by atoms with Gasteiger partial charge in [-0.05, 0) is 30.7 Å². The predicted octanol–water partition coefficient (Wildman–Crippen LogP) is 1.38. The highest BCUT2D eigenvalue weighted by atomic mass is 16.2. The molecular weight excluding hydrogens is 316 g/mol. The van der Waals surface area contributed by atoms with Crippen molar-refractivity contribution in [3.05, 3.63) is 53.3 Å². The summed E-state index contributed by atoms with van der Waals surface area (Å²) in [6.07, 6.45) is 1.78. The molecule has 0 aliphatic rings. The lowest BCUT2D eigenvalue weighted by Crippen LogP contribution is -2.37. The van der Waals surface area contributed by atoms with Gasteiger partial charge in [-0.3, -0.25) is 9.48 Å². The van der Waals surface area contributed by atoms with E-state index < -0.39 is 0 Å².